The topological polar surface area (TPSA) is 75.6 Å². The Kier molecular flexibility index (Phi) is 7.83. The number of sulfonamides is 1. The van der Waals surface area contributed by atoms with E-state index in [4.69, 9.17) is 9.84 Å². The highest BCUT2D eigenvalue weighted by Crippen LogP contribution is 2.23. The van der Waals surface area contributed by atoms with Gasteiger partial charge in [0, 0.05) is 17.6 Å². The van der Waals surface area contributed by atoms with Gasteiger partial charge < -0.3 is 9.84 Å². The summed E-state index contributed by atoms with van der Waals surface area (Å²) in [7, 11) is -3.58. The molecule has 7 heteroatoms. The summed E-state index contributed by atoms with van der Waals surface area (Å²) in [6, 6.07) is 4.76. The van der Waals surface area contributed by atoms with E-state index in [1.807, 2.05) is 13.8 Å². The molecule has 21 heavy (non-hydrogen) atoms. The molecule has 0 aromatic heterocycles. The second-order valence-corrected chi connectivity index (χ2v) is 7.54. The number of unbranched alkanes of at least 4 members (excludes halogenated alkanes) is 1. The second-order valence-electron chi connectivity index (χ2n) is 4.95. The van der Waals surface area contributed by atoms with Crippen molar-refractivity contribution in [3.8, 4) is 0 Å². The molecule has 0 aliphatic heterocycles. The summed E-state index contributed by atoms with van der Waals surface area (Å²) in [5.41, 5.74) is 0.559. The quantitative estimate of drug-likeness (QED) is 0.646. The van der Waals surface area contributed by atoms with Crippen LogP contribution in [0.15, 0.2) is 27.6 Å². The zero-order valence-electron chi connectivity index (χ0n) is 12.3. The van der Waals surface area contributed by atoms with Crippen molar-refractivity contribution < 1.29 is 18.3 Å². The van der Waals surface area contributed by atoms with Crippen LogP contribution in [0.2, 0.25) is 0 Å². The molecule has 1 rings (SSSR count). The fourth-order valence-corrected chi connectivity index (χ4v) is 3.77. The zero-order chi connectivity index (χ0) is 15.9. The molecule has 0 saturated carbocycles. The molecule has 0 fully saturated rings. The molecule has 120 valence electrons. The van der Waals surface area contributed by atoms with Crippen LogP contribution in [0.3, 0.4) is 0 Å². The van der Waals surface area contributed by atoms with Gasteiger partial charge in [-0.05, 0) is 60.3 Å². The Hall–Kier alpha value is -0.470. The second kappa shape index (κ2) is 8.85. The number of rotatable bonds is 9. The minimum atomic E-state index is -3.58. The Labute approximate surface area is 134 Å². The van der Waals surface area contributed by atoms with Crippen molar-refractivity contribution in [3.63, 3.8) is 0 Å². The lowest BCUT2D eigenvalue weighted by Crippen LogP contribution is -2.25. The van der Waals surface area contributed by atoms with Crippen LogP contribution in [-0.4, -0.2) is 32.8 Å². The van der Waals surface area contributed by atoms with Gasteiger partial charge in [-0.25, -0.2) is 13.1 Å². The van der Waals surface area contributed by atoms with Crippen molar-refractivity contribution in [2.45, 2.75) is 44.3 Å². The first-order valence-electron chi connectivity index (χ1n) is 6.87. The summed E-state index contributed by atoms with van der Waals surface area (Å²) in [4.78, 5) is 0.146. The molecule has 1 aromatic rings. The monoisotopic (exact) mass is 379 g/mol. The standard InChI is InChI=1S/C14H22BrNO4S/c1-11(2)20-8-4-3-7-16-21(18,19)14-9-12(10-17)5-6-13(14)15/h5-6,9,11,16-17H,3-4,7-8,10H2,1-2H3. The average molecular weight is 380 g/mol. The molecule has 0 atom stereocenters. The third-order valence-corrected chi connectivity index (χ3v) is 5.24. The number of halogens is 1. The largest absolute Gasteiger partial charge is 0.392 e. The van der Waals surface area contributed by atoms with E-state index in [9.17, 15) is 8.42 Å². The van der Waals surface area contributed by atoms with E-state index in [0.717, 1.165) is 6.42 Å². The first-order chi connectivity index (χ1) is 9.86. The SMILES string of the molecule is CC(C)OCCCCNS(=O)(=O)c1cc(CO)ccc1Br. The summed E-state index contributed by atoms with van der Waals surface area (Å²) in [6.45, 7) is 4.73. The van der Waals surface area contributed by atoms with Crippen LogP contribution >= 0.6 is 15.9 Å². The van der Waals surface area contributed by atoms with E-state index in [-0.39, 0.29) is 17.6 Å². The van der Waals surface area contributed by atoms with Crippen molar-refractivity contribution in [2.24, 2.45) is 0 Å². The maximum atomic E-state index is 12.2. The van der Waals surface area contributed by atoms with Crippen LogP contribution in [0.1, 0.15) is 32.3 Å². The summed E-state index contributed by atoms with van der Waals surface area (Å²) in [5, 5.41) is 9.09. The molecule has 0 aliphatic carbocycles. The maximum Gasteiger partial charge on any atom is 0.241 e. The van der Waals surface area contributed by atoms with Gasteiger partial charge in [-0.15, -0.1) is 0 Å². The van der Waals surface area contributed by atoms with Crippen molar-refractivity contribution in [1.82, 2.24) is 4.72 Å². The molecule has 1 aromatic carbocycles. The van der Waals surface area contributed by atoms with Gasteiger partial charge in [-0.2, -0.15) is 0 Å². The first kappa shape index (κ1) is 18.6. The number of aliphatic hydroxyl groups is 1. The molecule has 0 saturated heterocycles. The van der Waals surface area contributed by atoms with E-state index >= 15 is 0 Å². The van der Waals surface area contributed by atoms with Crippen molar-refractivity contribution in [3.05, 3.63) is 28.2 Å². The maximum absolute atomic E-state index is 12.2. The molecule has 5 nitrogen and oxygen atoms in total. The number of aliphatic hydroxyl groups excluding tert-OH is 1. The van der Waals surface area contributed by atoms with E-state index in [2.05, 4.69) is 20.7 Å². The number of hydrogen-bond acceptors (Lipinski definition) is 4. The van der Waals surface area contributed by atoms with E-state index in [1.54, 1.807) is 12.1 Å². The zero-order valence-corrected chi connectivity index (χ0v) is 14.7. The Balaban J connectivity index is 2.54. The van der Waals surface area contributed by atoms with Crippen LogP contribution in [0, 0.1) is 0 Å². The molecule has 0 heterocycles. The number of benzene rings is 1. The summed E-state index contributed by atoms with van der Waals surface area (Å²) >= 11 is 3.22. The molecular formula is C14H22BrNO4S. The smallest absolute Gasteiger partial charge is 0.241 e. The minimum Gasteiger partial charge on any atom is -0.392 e. The predicted octanol–water partition coefficient (Wildman–Crippen LogP) is 2.42. The van der Waals surface area contributed by atoms with Crippen LogP contribution in [0.4, 0.5) is 0 Å². The summed E-state index contributed by atoms with van der Waals surface area (Å²) in [5.74, 6) is 0. The van der Waals surface area contributed by atoms with Crippen LogP contribution in [0.25, 0.3) is 0 Å². The fourth-order valence-electron chi connectivity index (χ4n) is 1.68. The van der Waals surface area contributed by atoms with Gasteiger partial charge in [0.1, 0.15) is 0 Å². The van der Waals surface area contributed by atoms with E-state index in [1.165, 1.54) is 6.07 Å². The third kappa shape index (κ3) is 6.44. The van der Waals surface area contributed by atoms with Crippen LogP contribution < -0.4 is 4.72 Å². The summed E-state index contributed by atoms with van der Waals surface area (Å²) in [6.07, 6.45) is 1.71. The van der Waals surface area contributed by atoms with Crippen LogP contribution in [0.5, 0.6) is 0 Å². The molecule has 0 amide bonds. The first-order valence-corrected chi connectivity index (χ1v) is 9.15. The highest BCUT2D eigenvalue weighted by Gasteiger charge is 2.17. The molecule has 2 N–H and O–H groups in total. The summed E-state index contributed by atoms with van der Waals surface area (Å²) < 4.78 is 32.9. The number of nitrogens with one attached hydrogen (secondary N) is 1. The molecule has 0 aliphatic rings. The number of hydrogen-bond donors (Lipinski definition) is 2. The van der Waals surface area contributed by atoms with Gasteiger partial charge in [-0.1, -0.05) is 6.07 Å². The Bertz CT molecular complexity index is 546. The number of ether oxygens (including phenoxy) is 1. The van der Waals surface area contributed by atoms with Gasteiger partial charge in [-0.3, -0.25) is 0 Å². The Morgan fingerprint density at radius 1 is 1.33 bits per heavy atom. The highest BCUT2D eigenvalue weighted by atomic mass is 79.9. The van der Waals surface area contributed by atoms with Gasteiger partial charge in [0.05, 0.1) is 17.6 Å². The minimum absolute atomic E-state index is 0.146. The van der Waals surface area contributed by atoms with Crippen molar-refractivity contribution in [1.29, 1.82) is 0 Å². The van der Waals surface area contributed by atoms with Crippen molar-refractivity contribution in [2.75, 3.05) is 13.2 Å². The van der Waals surface area contributed by atoms with E-state index in [0.29, 0.717) is 29.6 Å². The lowest BCUT2D eigenvalue weighted by Gasteiger charge is -2.10. The lowest BCUT2D eigenvalue weighted by molar-refractivity contribution is 0.0762. The fraction of sp³-hybridized carbons (Fsp3) is 0.571. The molecule has 0 bridgehead atoms. The predicted molar refractivity (Wildman–Crippen MR) is 85.6 cm³/mol. The normalized spacial score (nSPS) is 12.0. The molecule has 0 unspecified atom stereocenters. The lowest BCUT2D eigenvalue weighted by atomic mass is 10.2. The van der Waals surface area contributed by atoms with Gasteiger partial charge in [0.15, 0.2) is 0 Å². The third-order valence-electron chi connectivity index (χ3n) is 2.78. The Morgan fingerprint density at radius 2 is 2.05 bits per heavy atom. The van der Waals surface area contributed by atoms with E-state index < -0.39 is 10.0 Å². The van der Waals surface area contributed by atoms with Gasteiger partial charge in [0.25, 0.3) is 0 Å². The van der Waals surface area contributed by atoms with Crippen LogP contribution in [-0.2, 0) is 21.4 Å². The van der Waals surface area contributed by atoms with Gasteiger partial charge >= 0.3 is 0 Å². The highest BCUT2D eigenvalue weighted by molar-refractivity contribution is 9.10. The molecular weight excluding hydrogens is 358 g/mol. The molecule has 0 radical (unpaired) electrons. The average Bonchev–Trinajstić information content (AvgIpc) is 2.42. The van der Waals surface area contributed by atoms with Crippen molar-refractivity contribution >= 4 is 26.0 Å². The Morgan fingerprint density at radius 3 is 2.67 bits per heavy atom. The molecule has 0 spiro atoms. The van der Waals surface area contributed by atoms with Gasteiger partial charge in [0.2, 0.25) is 10.0 Å².